The SMILES string of the molecule is C=C=C(C=C(C=CC)C(F)(F)F)C(N)CNC=O. The highest BCUT2D eigenvalue weighted by Gasteiger charge is 2.32. The van der Waals surface area contributed by atoms with E-state index in [0.717, 1.165) is 12.2 Å². The number of rotatable bonds is 6. The molecular formula is C12H15F3N2O. The van der Waals surface area contributed by atoms with Gasteiger partial charge in [-0.15, -0.1) is 5.73 Å². The van der Waals surface area contributed by atoms with Crippen molar-refractivity contribution in [3.63, 3.8) is 0 Å². The monoisotopic (exact) mass is 260 g/mol. The van der Waals surface area contributed by atoms with Gasteiger partial charge in [-0.1, -0.05) is 18.7 Å². The Labute approximate surface area is 104 Å². The summed E-state index contributed by atoms with van der Waals surface area (Å²) in [6.07, 6.45) is -0.996. The van der Waals surface area contributed by atoms with Gasteiger partial charge >= 0.3 is 6.18 Å². The van der Waals surface area contributed by atoms with E-state index in [2.05, 4.69) is 17.6 Å². The van der Waals surface area contributed by atoms with E-state index in [1.54, 1.807) is 0 Å². The third-order valence-corrected chi connectivity index (χ3v) is 2.01. The van der Waals surface area contributed by atoms with E-state index < -0.39 is 17.8 Å². The van der Waals surface area contributed by atoms with E-state index in [-0.39, 0.29) is 12.1 Å². The zero-order chi connectivity index (χ0) is 14.2. The van der Waals surface area contributed by atoms with Crippen LogP contribution in [0.4, 0.5) is 13.2 Å². The van der Waals surface area contributed by atoms with Gasteiger partial charge in [0, 0.05) is 12.1 Å². The first-order valence-electron chi connectivity index (χ1n) is 5.11. The first kappa shape index (κ1) is 16.2. The van der Waals surface area contributed by atoms with Crippen molar-refractivity contribution in [2.24, 2.45) is 5.73 Å². The van der Waals surface area contributed by atoms with Crippen molar-refractivity contribution in [2.45, 2.75) is 19.1 Å². The number of halogens is 3. The quantitative estimate of drug-likeness (QED) is 0.435. The Morgan fingerprint density at radius 3 is 2.56 bits per heavy atom. The van der Waals surface area contributed by atoms with Crippen LogP contribution in [0.5, 0.6) is 0 Å². The van der Waals surface area contributed by atoms with Crippen LogP contribution in [0.1, 0.15) is 6.92 Å². The molecule has 1 atom stereocenters. The van der Waals surface area contributed by atoms with Gasteiger partial charge in [-0.2, -0.15) is 13.2 Å². The molecule has 1 unspecified atom stereocenters. The van der Waals surface area contributed by atoms with Crippen LogP contribution in [-0.4, -0.2) is 25.2 Å². The van der Waals surface area contributed by atoms with Gasteiger partial charge in [0.2, 0.25) is 6.41 Å². The number of nitrogens with one attached hydrogen (secondary N) is 1. The van der Waals surface area contributed by atoms with E-state index >= 15 is 0 Å². The fraction of sp³-hybridized carbons (Fsp3) is 0.333. The second-order valence-electron chi connectivity index (χ2n) is 3.36. The normalized spacial score (nSPS) is 14.2. The van der Waals surface area contributed by atoms with E-state index in [1.807, 2.05) is 0 Å². The van der Waals surface area contributed by atoms with Crippen molar-refractivity contribution >= 4 is 6.41 Å². The van der Waals surface area contributed by atoms with E-state index in [1.165, 1.54) is 13.0 Å². The topological polar surface area (TPSA) is 55.1 Å². The van der Waals surface area contributed by atoms with Crippen LogP contribution in [0, 0.1) is 0 Å². The number of nitrogens with two attached hydrogens (primary N) is 1. The molecule has 0 rings (SSSR count). The molecule has 0 bridgehead atoms. The minimum absolute atomic E-state index is 0.0127. The average molecular weight is 260 g/mol. The lowest BCUT2D eigenvalue weighted by Crippen LogP contribution is -2.34. The van der Waals surface area contributed by atoms with Gasteiger partial charge in [-0.05, 0) is 13.0 Å². The second kappa shape index (κ2) is 7.53. The summed E-state index contributed by atoms with van der Waals surface area (Å²) in [5.41, 5.74) is 7.18. The Balaban J connectivity index is 5.18. The van der Waals surface area contributed by atoms with E-state index in [9.17, 15) is 18.0 Å². The number of carbonyl (C=O) groups is 1. The van der Waals surface area contributed by atoms with Crippen molar-refractivity contribution < 1.29 is 18.0 Å². The molecule has 6 heteroatoms. The minimum Gasteiger partial charge on any atom is -0.357 e. The highest BCUT2D eigenvalue weighted by atomic mass is 19.4. The Kier molecular flexibility index (Phi) is 6.78. The Hall–Kier alpha value is -1.78. The number of amides is 1. The first-order chi connectivity index (χ1) is 8.36. The molecule has 0 aliphatic rings. The summed E-state index contributed by atoms with van der Waals surface area (Å²) in [5, 5.41) is 2.28. The highest BCUT2D eigenvalue weighted by molar-refractivity contribution is 5.46. The predicted octanol–water partition coefficient (Wildman–Crippen LogP) is 1.84. The molecule has 3 N–H and O–H groups in total. The second-order valence-corrected chi connectivity index (χ2v) is 3.36. The Morgan fingerprint density at radius 2 is 2.17 bits per heavy atom. The summed E-state index contributed by atoms with van der Waals surface area (Å²) in [4.78, 5) is 10.1. The van der Waals surface area contributed by atoms with Crippen molar-refractivity contribution in [1.29, 1.82) is 0 Å². The number of carbonyl (C=O) groups excluding carboxylic acids is 1. The predicted molar refractivity (Wildman–Crippen MR) is 63.6 cm³/mol. The number of allylic oxidation sites excluding steroid dienone is 3. The summed E-state index contributed by atoms with van der Waals surface area (Å²) >= 11 is 0. The number of hydrogen-bond donors (Lipinski definition) is 2. The summed E-state index contributed by atoms with van der Waals surface area (Å²) in [5.74, 6) is 0. The van der Waals surface area contributed by atoms with Gasteiger partial charge in [0.25, 0.3) is 0 Å². The number of alkyl halides is 3. The molecule has 0 aromatic heterocycles. The molecule has 0 aromatic carbocycles. The molecule has 3 nitrogen and oxygen atoms in total. The fourth-order valence-corrected chi connectivity index (χ4v) is 1.15. The molecule has 18 heavy (non-hydrogen) atoms. The lowest BCUT2D eigenvalue weighted by Gasteiger charge is -2.13. The molecule has 0 aliphatic heterocycles. The molecule has 0 spiro atoms. The van der Waals surface area contributed by atoms with Crippen LogP contribution in [0.15, 0.2) is 41.7 Å². The Bertz CT molecular complexity index is 391. The minimum atomic E-state index is -4.48. The lowest BCUT2D eigenvalue weighted by atomic mass is 10.0. The molecule has 0 aromatic rings. The van der Waals surface area contributed by atoms with Gasteiger partial charge in [-0.25, -0.2) is 0 Å². The molecule has 0 heterocycles. The van der Waals surface area contributed by atoms with Crippen LogP contribution >= 0.6 is 0 Å². The van der Waals surface area contributed by atoms with Crippen molar-refractivity contribution in [3.05, 3.63) is 41.7 Å². The van der Waals surface area contributed by atoms with Gasteiger partial charge in [0.15, 0.2) is 0 Å². The van der Waals surface area contributed by atoms with Gasteiger partial charge in [-0.3, -0.25) is 4.79 Å². The largest absolute Gasteiger partial charge is 0.416 e. The van der Waals surface area contributed by atoms with Crippen LogP contribution in [0.25, 0.3) is 0 Å². The molecule has 0 saturated carbocycles. The first-order valence-corrected chi connectivity index (χ1v) is 5.11. The third kappa shape index (κ3) is 5.52. The van der Waals surface area contributed by atoms with Gasteiger partial charge < -0.3 is 11.1 Å². The number of hydrogen-bond acceptors (Lipinski definition) is 2. The summed E-state index contributed by atoms with van der Waals surface area (Å²) in [6.45, 7) is 4.78. The average Bonchev–Trinajstić information content (AvgIpc) is 2.30. The zero-order valence-corrected chi connectivity index (χ0v) is 9.92. The molecule has 1 amide bonds. The smallest absolute Gasteiger partial charge is 0.357 e. The molecule has 100 valence electrons. The maximum Gasteiger partial charge on any atom is 0.416 e. The van der Waals surface area contributed by atoms with Crippen LogP contribution in [0.3, 0.4) is 0 Å². The van der Waals surface area contributed by atoms with Gasteiger partial charge in [0.05, 0.1) is 11.6 Å². The Morgan fingerprint density at radius 1 is 1.56 bits per heavy atom. The third-order valence-electron chi connectivity index (χ3n) is 2.01. The summed E-state index contributed by atoms with van der Waals surface area (Å²) in [7, 11) is 0. The van der Waals surface area contributed by atoms with Gasteiger partial charge in [0.1, 0.15) is 0 Å². The lowest BCUT2D eigenvalue weighted by molar-refractivity contribution is -0.109. The molecule has 0 saturated heterocycles. The van der Waals surface area contributed by atoms with Crippen LogP contribution in [-0.2, 0) is 4.79 Å². The molecular weight excluding hydrogens is 245 g/mol. The molecule has 0 aliphatic carbocycles. The van der Waals surface area contributed by atoms with Crippen LogP contribution < -0.4 is 11.1 Å². The van der Waals surface area contributed by atoms with Crippen molar-refractivity contribution in [3.8, 4) is 0 Å². The standard InChI is InChI=1S/C12H15F3N2O/c1-3-5-10(12(13,14)15)6-9(4-2)11(16)7-17-8-18/h3,5-6,8,11H,2,7,16H2,1H3,(H,17,18). The maximum atomic E-state index is 12.6. The molecule has 0 fully saturated rings. The summed E-state index contributed by atoms with van der Waals surface area (Å²) < 4.78 is 37.9. The van der Waals surface area contributed by atoms with Crippen molar-refractivity contribution in [2.75, 3.05) is 6.54 Å². The summed E-state index contributed by atoms with van der Waals surface area (Å²) in [6, 6.07) is -0.796. The van der Waals surface area contributed by atoms with Crippen molar-refractivity contribution in [1.82, 2.24) is 5.32 Å². The van der Waals surface area contributed by atoms with E-state index in [0.29, 0.717) is 6.41 Å². The molecule has 0 radical (unpaired) electrons. The van der Waals surface area contributed by atoms with E-state index in [4.69, 9.17) is 5.73 Å². The maximum absolute atomic E-state index is 12.6. The van der Waals surface area contributed by atoms with Crippen LogP contribution in [0.2, 0.25) is 0 Å². The fourth-order valence-electron chi connectivity index (χ4n) is 1.15. The highest BCUT2D eigenvalue weighted by Crippen LogP contribution is 2.27. The zero-order valence-electron chi connectivity index (χ0n) is 9.92.